The molecule has 3 nitrogen and oxygen atoms in total. The largest absolute Gasteiger partial charge is 0.475 e. The van der Waals surface area contributed by atoms with Gasteiger partial charge in [0.1, 0.15) is 0 Å². The van der Waals surface area contributed by atoms with Crippen LogP contribution >= 0.6 is 0 Å². The molecule has 21 heavy (non-hydrogen) atoms. The zero-order valence-electron chi connectivity index (χ0n) is 14.1. The molecule has 0 bridgehead atoms. The highest BCUT2D eigenvalue weighted by molar-refractivity contribution is 5.27. The maximum atomic E-state index is 6.04. The monoisotopic (exact) mass is 290 g/mol. The molecular formula is C18H30N2O. The van der Waals surface area contributed by atoms with Crippen molar-refractivity contribution in [1.82, 2.24) is 10.3 Å². The van der Waals surface area contributed by atoms with Gasteiger partial charge in [-0.25, -0.2) is 4.98 Å². The van der Waals surface area contributed by atoms with Crippen molar-refractivity contribution < 1.29 is 4.74 Å². The summed E-state index contributed by atoms with van der Waals surface area (Å²) in [6.45, 7) is 11.9. The number of rotatable bonds is 8. The fraction of sp³-hybridized carbons (Fsp3) is 0.722. The van der Waals surface area contributed by atoms with E-state index in [9.17, 15) is 0 Å². The number of ether oxygens (including phenoxy) is 1. The van der Waals surface area contributed by atoms with Gasteiger partial charge >= 0.3 is 0 Å². The Morgan fingerprint density at radius 2 is 1.90 bits per heavy atom. The average Bonchev–Trinajstić information content (AvgIpc) is 3.18. The van der Waals surface area contributed by atoms with Gasteiger partial charge in [-0.3, -0.25) is 0 Å². The Bertz CT molecular complexity index is 453. The zero-order chi connectivity index (χ0) is 15.4. The lowest BCUT2D eigenvalue weighted by molar-refractivity contribution is 0.185. The molecule has 1 heterocycles. The topological polar surface area (TPSA) is 34.1 Å². The van der Waals surface area contributed by atoms with Gasteiger partial charge in [0.15, 0.2) is 0 Å². The Kier molecular flexibility index (Phi) is 5.63. The summed E-state index contributed by atoms with van der Waals surface area (Å²) in [5.74, 6) is 1.85. The molecule has 1 aliphatic rings. The normalized spacial score (nSPS) is 16.5. The van der Waals surface area contributed by atoms with Gasteiger partial charge in [0.2, 0.25) is 5.88 Å². The highest BCUT2D eigenvalue weighted by Crippen LogP contribution is 2.23. The van der Waals surface area contributed by atoms with Gasteiger partial charge in [0, 0.05) is 24.3 Å². The van der Waals surface area contributed by atoms with Crippen molar-refractivity contribution in [3.05, 3.63) is 23.4 Å². The molecule has 0 aromatic carbocycles. The van der Waals surface area contributed by atoms with Gasteiger partial charge in [-0.1, -0.05) is 27.7 Å². The molecule has 118 valence electrons. The van der Waals surface area contributed by atoms with E-state index in [1.165, 1.54) is 18.4 Å². The first kappa shape index (κ1) is 16.3. The third-order valence-electron chi connectivity index (χ3n) is 3.77. The van der Waals surface area contributed by atoms with Crippen molar-refractivity contribution in [2.75, 3.05) is 0 Å². The van der Waals surface area contributed by atoms with Crippen LogP contribution in [0.4, 0.5) is 0 Å². The van der Waals surface area contributed by atoms with Crippen LogP contribution in [0.25, 0.3) is 0 Å². The molecule has 1 aliphatic carbocycles. The summed E-state index contributed by atoms with van der Waals surface area (Å²) in [5.41, 5.74) is 2.41. The van der Waals surface area contributed by atoms with Crippen molar-refractivity contribution in [1.29, 1.82) is 0 Å². The summed E-state index contributed by atoms with van der Waals surface area (Å²) in [6, 6.07) is 5.03. The second-order valence-corrected chi connectivity index (χ2v) is 7.11. The van der Waals surface area contributed by atoms with Gasteiger partial charge in [-0.2, -0.15) is 0 Å². The van der Waals surface area contributed by atoms with E-state index in [-0.39, 0.29) is 6.10 Å². The van der Waals surface area contributed by atoms with E-state index in [0.717, 1.165) is 30.6 Å². The molecular weight excluding hydrogens is 260 g/mol. The smallest absolute Gasteiger partial charge is 0.214 e. The number of nitrogens with one attached hydrogen (secondary N) is 1. The number of hydrogen-bond donors (Lipinski definition) is 1. The Balaban J connectivity index is 2.06. The van der Waals surface area contributed by atoms with Crippen LogP contribution in [-0.4, -0.2) is 17.1 Å². The Hall–Kier alpha value is -1.09. The second-order valence-electron chi connectivity index (χ2n) is 7.11. The lowest BCUT2D eigenvalue weighted by Crippen LogP contribution is -2.18. The van der Waals surface area contributed by atoms with E-state index in [4.69, 9.17) is 4.74 Å². The summed E-state index contributed by atoms with van der Waals surface area (Å²) in [6.07, 6.45) is 3.90. The van der Waals surface area contributed by atoms with Crippen molar-refractivity contribution in [2.45, 2.75) is 78.5 Å². The maximum absolute atomic E-state index is 6.04. The lowest BCUT2D eigenvalue weighted by atomic mass is 10.1. The van der Waals surface area contributed by atoms with E-state index in [1.54, 1.807) is 0 Å². The quantitative estimate of drug-likeness (QED) is 0.776. The van der Waals surface area contributed by atoms with Crippen LogP contribution in [0.3, 0.4) is 0 Å². The molecule has 0 aliphatic heterocycles. The molecule has 1 aromatic rings. The molecule has 1 unspecified atom stereocenters. The van der Waals surface area contributed by atoms with E-state index in [1.807, 2.05) is 0 Å². The Morgan fingerprint density at radius 1 is 1.19 bits per heavy atom. The Morgan fingerprint density at radius 3 is 2.48 bits per heavy atom. The predicted octanol–water partition coefficient (Wildman–Crippen LogP) is 4.27. The summed E-state index contributed by atoms with van der Waals surface area (Å²) in [4.78, 5) is 4.67. The van der Waals surface area contributed by atoms with Crippen LogP contribution in [0, 0.1) is 5.92 Å². The highest BCUT2D eigenvalue weighted by Gasteiger charge is 2.20. The number of nitrogens with zero attached hydrogens (tertiary/aromatic N) is 1. The van der Waals surface area contributed by atoms with Crippen LogP contribution in [-0.2, 0) is 6.54 Å². The van der Waals surface area contributed by atoms with E-state index in [2.05, 4.69) is 57.1 Å². The van der Waals surface area contributed by atoms with Crippen LogP contribution in [0.1, 0.15) is 71.1 Å². The fourth-order valence-electron chi connectivity index (χ4n) is 2.51. The molecule has 0 amide bonds. The van der Waals surface area contributed by atoms with Crippen molar-refractivity contribution >= 4 is 0 Å². The van der Waals surface area contributed by atoms with Crippen molar-refractivity contribution in [2.24, 2.45) is 5.92 Å². The minimum absolute atomic E-state index is 0.212. The molecule has 1 aromatic heterocycles. The van der Waals surface area contributed by atoms with Crippen LogP contribution in [0.5, 0.6) is 5.88 Å². The fourth-order valence-corrected chi connectivity index (χ4v) is 2.51. The number of pyridine rings is 1. The molecule has 2 rings (SSSR count). The van der Waals surface area contributed by atoms with Crippen molar-refractivity contribution in [3.63, 3.8) is 0 Å². The van der Waals surface area contributed by atoms with E-state index < -0.39 is 0 Å². The minimum atomic E-state index is 0.212. The van der Waals surface area contributed by atoms with E-state index >= 15 is 0 Å². The molecule has 0 spiro atoms. The van der Waals surface area contributed by atoms with Gasteiger partial charge < -0.3 is 10.1 Å². The third-order valence-corrected chi connectivity index (χ3v) is 3.77. The van der Waals surface area contributed by atoms with Gasteiger partial charge in [0.25, 0.3) is 0 Å². The van der Waals surface area contributed by atoms with Gasteiger partial charge in [0.05, 0.1) is 6.10 Å². The highest BCUT2D eigenvalue weighted by atomic mass is 16.5. The van der Waals surface area contributed by atoms with Crippen LogP contribution in [0.2, 0.25) is 0 Å². The maximum Gasteiger partial charge on any atom is 0.214 e. The summed E-state index contributed by atoms with van der Waals surface area (Å²) in [5, 5.41) is 3.57. The number of hydrogen-bond acceptors (Lipinski definition) is 3. The molecule has 1 saturated carbocycles. The first-order chi connectivity index (χ1) is 9.94. The SMILES string of the molecule is CC(C)CC(C)Oc1cc(CNC2CC2)cc(C(C)C)n1. The zero-order valence-corrected chi connectivity index (χ0v) is 14.1. The first-order valence-electron chi connectivity index (χ1n) is 8.35. The third kappa shape index (κ3) is 5.66. The Labute approximate surface area is 129 Å². The summed E-state index contributed by atoms with van der Waals surface area (Å²) < 4.78 is 6.04. The summed E-state index contributed by atoms with van der Waals surface area (Å²) >= 11 is 0. The van der Waals surface area contributed by atoms with Gasteiger partial charge in [-0.15, -0.1) is 0 Å². The molecule has 1 atom stereocenters. The molecule has 0 saturated heterocycles. The molecule has 3 heteroatoms. The molecule has 1 fully saturated rings. The molecule has 1 N–H and O–H groups in total. The standard InChI is InChI=1S/C18H30N2O/c1-12(2)8-14(5)21-18-10-15(11-19-16-6-7-16)9-17(20-18)13(3)4/h9-10,12-14,16,19H,6-8,11H2,1-5H3. The minimum Gasteiger partial charge on any atom is -0.475 e. The summed E-state index contributed by atoms with van der Waals surface area (Å²) in [7, 11) is 0. The van der Waals surface area contributed by atoms with Crippen molar-refractivity contribution in [3.8, 4) is 5.88 Å². The second kappa shape index (κ2) is 7.26. The van der Waals surface area contributed by atoms with Gasteiger partial charge in [-0.05, 0) is 49.7 Å². The first-order valence-corrected chi connectivity index (χ1v) is 8.35. The van der Waals surface area contributed by atoms with E-state index in [0.29, 0.717) is 11.8 Å². The predicted molar refractivity (Wildman–Crippen MR) is 87.7 cm³/mol. The van der Waals surface area contributed by atoms with Crippen LogP contribution in [0.15, 0.2) is 12.1 Å². The molecule has 0 radical (unpaired) electrons. The van der Waals surface area contributed by atoms with Crippen LogP contribution < -0.4 is 10.1 Å². The lowest BCUT2D eigenvalue weighted by Gasteiger charge is -2.18. The average molecular weight is 290 g/mol. The number of aromatic nitrogens is 1.